The van der Waals surface area contributed by atoms with Gasteiger partial charge in [0.05, 0.1) is 12.8 Å². The van der Waals surface area contributed by atoms with Gasteiger partial charge in [0, 0.05) is 38.3 Å². The van der Waals surface area contributed by atoms with E-state index in [-0.39, 0.29) is 11.8 Å². The summed E-state index contributed by atoms with van der Waals surface area (Å²) in [6, 6.07) is 7.81. The average Bonchev–Trinajstić information content (AvgIpc) is 3.42. The maximum atomic E-state index is 13.3. The van der Waals surface area contributed by atoms with Crippen LogP contribution < -0.4 is 9.64 Å². The van der Waals surface area contributed by atoms with Gasteiger partial charge in [-0.2, -0.15) is 5.10 Å². The van der Waals surface area contributed by atoms with E-state index >= 15 is 0 Å². The summed E-state index contributed by atoms with van der Waals surface area (Å²) in [6.45, 7) is 2.72. The fourth-order valence-electron chi connectivity index (χ4n) is 3.70. The predicted molar refractivity (Wildman–Crippen MR) is 101 cm³/mol. The normalized spacial score (nSPS) is 17.4. The van der Waals surface area contributed by atoms with Crippen molar-refractivity contribution in [1.82, 2.24) is 14.7 Å². The number of carbonyl (C=O) groups is 2. The Kier molecular flexibility index (Phi) is 4.37. The van der Waals surface area contributed by atoms with Crippen molar-refractivity contribution in [3.63, 3.8) is 0 Å². The number of methoxy groups -OCH3 is 1. The van der Waals surface area contributed by atoms with Crippen molar-refractivity contribution in [2.75, 3.05) is 18.6 Å². The molecule has 0 atom stereocenters. The third-order valence-corrected chi connectivity index (χ3v) is 5.24. The molecule has 0 N–H and O–H groups in total. The summed E-state index contributed by atoms with van der Waals surface area (Å²) in [5.74, 6) is 0.684. The lowest BCUT2D eigenvalue weighted by Gasteiger charge is -2.32. The molecule has 1 aromatic carbocycles. The van der Waals surface area contributed by atoms with E-state index in [0.29, 0.717) is 31.2 Å². The van der Waals surface area contributed by atoms with Crippen LogP contribution in [0.25, 0.3) is 0 Å². The molecule has 0 radical (unpaired) electrons. The Morgan fingerprint density at radius 1 is 1.26 bits per heavy atom. The van der Waals surface area contributed by atoms with Gasteiger partial charge in [-0.05, 0) is 49.6 Å². The third-order valence-electron chi connectivity index (χ3n) is 5.24. The van der Waals surface area contributed by atoms with Crippen LogP contribution in [0.1, 0.15) is 41.0 Å². The predicted octanol–water partition coefficient (Wildman–Crippen LogP) is 2.28. The number of hydrogen-bond donors (Lipinski definition) is 0. The van der Waals surface area contributed by atoms with Gasteiger partial charge in [0.2, 0.25) is 5.91 Å². The molecule has 1 aliphatic carbocycles. The molecule has 2 aromatic rings. The van der Waals surface area contributed by atoms with Crippen LogP contribution in [-0.4, -0.2) is 46.2 Å². The Hall–Kier alpha value is -2.83. The van der Waals surface area contributed by atoms with E-state index in [1.807, 2.05) is 30.0 Å². The van der Waals surface area contributed by atoms with Crippen LogP contribution in [0.4, 0.5) is 5.69 Å². The molecule has 7 nitrogen and oxygen atoms in total. The van der Waals surface area contributed by atoms with Crippen LogP contribution in [0.3, 0.4) is 0 Å². The minimum Gasteiger partial charge on any atom is -0.497 e. The van der Waals surface area contributed by atoms with E-state index in [0.717, 1.165) is 35.5 Å². The van der Waals surface area contributed by atoms with Crippen LogP contribution in [0.2, 0.25) is 0 Å². The zero-order chi connectivity index (χ0) is 19.1. The van der Waals surface area contributed by atoms with Crippen molar-refractivity contribution in [2.45, 2.75) is 38.8 Å². The van der Waals surface area contributed by atoms with Crippen molar-refractivity contribution >= 4 is 17.5 Å². The lowest BCUT2D eigenvalue weighted by molar-refractivity contribution is -0.132. The Morgan fingerprint density at radius 2 is 2.04 bits per heavy atom. The number of hydrogen-bond acceptors (Lipinski definition) is 4. The van der Waals surface area contributed by atoms with E-state index < -0.39 is 0 Å². The maximum Gasteiger partial charge on any atom is 0.276 e. The van der Waals surface area contributed by atoms with Crippen molar-refractivity contribution in [2.24, 2.45) is 7.05 Å². The highest BCUT2D eigenvalue weighted by molar-refractivity contribution is 6.06. The number of aromatic nitrogens is 2. The average molecular weight is 368 g/mol. The quantitative estimate of drug-likeness (QED) is 0.834. The van der Waals surface area contributed by atoms with Gasteiger partial charge in [0.25, 0.3) is 5.91 Å². The second kappa shape index (κ2) is 6.72. The number of carbonyl (C=O) groups excluding carboxylic acids is 2. The zero-order valence-corrected chi connectivity index (χ0v) is 15.9. The molecule has 1 aliphatic heterocycles. The zero-order valence-electron chi connectivity index (χ0n) is 15.9. The molecule has 142 valence electrons. The molecule has 1 saturated carbocycles. The lowest BCUT2D eigenvalue weighted by atomic mass is 10.1. The SMILES string of the molecule is COc1ccc2c(c1)CN(C1CC1)C(=O)CCN2C(=O)c1cc(C)nn1C. The highest BCUT2D eigenvalue weighted by Crippen LogP contribution is 2.35. The summed E-state index contributed by atoms with van der Waals surface area (Å²) in [6.07, 6.45) is 2.44. The number of rotatable bonds is 3. The van der Waals surface area contributed by atoms with Crippen LogP contribution in [0, 0.1) is 6.92 Å². The van der Waals surface area contributed by atoms with Crippen LogP contribution in [0.5, 0.6) is 5.75 Å². The topological polar surface area (TPSA) is 67.7 Å². The minimum absolute atomic E-state index is 0.102. The number of fused-ring (bicyclic) bond motifs is 1. The van der Waals surface area contributed by atoms with Gasteiger partial charge in [-0.3, -0.25) is 14.3 Å². The number of anilines is 1. The van der Waals surface area contributed by atoms with Crippen LogP contribution in [-0.2, 0) is 18.4 Å². The van der Waals surface area contributed by atoms with Gasteiger partial charge in [0.1, 0.15) is 11.4 Å². The van der Waals surface area contributed by atoms with Crippen molar-refractivity contribution in [1.29, 1.82) is 0 Å². The van der Waals surface area contributed by atoms with E-state index in [1.165, 1.54) is 0 Å². The lowest BCUT2D eigenvalue weighted by Crippen LogP contribution is -2.41. The number of benzene rings is 1. The number of amides is 2. The first kappa shape index (κ1) is 17.6. The van der Waals surface area contributed by atoms with E-state index in [4.69, 9.17) is 4.74 Å². The molecule has 0 saturated heterocycles. The molecule has 0 bridgehead atoms. The molecular weight excluding hydrogens is 344 g/mol. The number of aryl methyl sites for hydroxylation is 2. The highest BCUT2D eigenvalue weighted by atomic mass is 16.5. The summed E-state index contributed by atoms with van der Waals surface area (Å²) in [5, 5.41) is 4.28. The molecule has 27 heavy (non-hydrogen) atoms. The molecule has 7 heteroatoms. The smallest absolute Gasteiger partial charge is 0.276 e. The Bertz CT molecular complexity index is 901. The van der Waals surface area contributed by atoms with Crippen LogP contribution >= 0.6 is 0 Å². The molecule has 2 heterocycles. The molecule has 1 fully saturated rings. The van der Waals surface area contributed by atoms with E-state index in [2.05, 4.69) is 5.10 Å². The Balaban J connectivity index is 1.76. The standard InChI is InChI=1S/C20H24N4O3/c1-13-10-18(22(2)21-13)20(26)23-9-8-19(25)24(15-4-5-15)12-14-11-16(27-3)6-7-17(14)23/h6-7,10-11,15H,4-5,8-9,12H2,1-3H3. The largest absolute Gasteiger partial charge is 0.497 e. The minimum atomic E-state index is -0.141. The maximum absolute atomic E-state index is 13.3. The van der Waals surface area contributed by atoms with Gasteiger partial charge in [-0.25, -0.2) is 0 Å². The summed E-state index contributed by atoms with van der Waals surface area (Å²) in [7, 11) is 3.38. The second-order valence-electron chi connectivity index (χ2n) is 7.25. The summed E-state index contributed by atoms with van der Waals surface area (Å²) in [4.78, 5) is 29.6. The Morgan fingerprint density at radius 3 is 2.67 bits per heavy atom. The van der Waals surface area contributed by atoms with Gasteiger partial charge < -0.3 is 14.5 Å². The third kappa shape index (κ3) is 3.29. The Labute approximate surface area is 158 Å². The second-order valence-corrected chi connectivity index (χ2v) is 7.25. The van der Waals surface area contributed by atoms with Crippen molar-refractivity contribution in [3.05, 3.63) is 41.2 Å². The molecular formula is C20H24N4O3. The molecule has 0 spiro atoms. The van der Waals surface area contributed by atoms with Gasteiger partial charge >= 0.3 is 0 Å². The summed E-state index contributed by atoms with van der Waals surface area (Å²) < 4.78 is 6.97. The van der Waals surface area contributed by atoms with Crippen LogP contribution in [0.15, 0.2) is 24.3 Å². The first-order valence-electron chi connectivity index (χ1n) is 9.27. The fraction of sp³-hybridized carbons (Fsp3) is 0.450. The highest BCUT2D eigenvalue weighted by Gasteiger charge is 2.35. The van der Waals surface area contributed by atoms with Gasteiger partial charge in [0.15, 0.2) is 0 Å². The monoisotopic (exact) mass is 368 g/mol. The number of ether oxygens (including phenoxy) is 1. The summed E-state index contributed by atoms with van der Waals surface area (Å²) >= 11 is 0. The summed E-state index contributed by atoms with van der Waals surface area (Å²) in [5.41, 5.74) is 3.07. The first-order valence-corrected chi connectivity index (χ1v) is 9.27. The molecule has 2 amide bonds. The molecule has 2 aliphatic rings. The van der Waals surface area contributed by atoms with Gasteiger partial charge in [-0.1, -0.05) is 0 Å². The number of nitrogens with zero attached hydrogens (tertiary/aromatic N) is 4. The fourth-order valence-corrected chi connectivity index (χ4v) is 3.70. The molecule has 4 rings (SSSR count). The molecule has 0 unspecified atom stereocenters. The first-order chi connectivity index (χ1) is 13.0. The van der Waals surface area contributed by atoms with E-state index in [9.17, 15) is 9.59 Å². The van der Waals surface area contributed by atoms with Crippen molar-refractivity contribution < 1.29 is 14.3 Å². The van der Waals surface area contributed by atoms with Crippen molar-refractivity contribution in [3.8, 4) is 5.75 Å². The van der Waals surface area contributed by atoms with E-state index in [1.54, 1.807) is 29.8 Å². The molecule has 1 aromatic heterocycles. The van der Waals surface area contributed by atoms with Gasteiger partial charge in [-0.15, -0.1) is 0 Å².